The first kappa shape index (κ1) is 4.71. The van der Waals surface area contributed by atoms with Crippen LogP contribution in [-0.2, 0) is 0 Å². The Kier molecular flexibility index (Phi) is 1.06. The van der Waals surface area contributed by atoms with Gasteiger partial charge in [-0.2, -0.15) is 0 Å². The van der Waals surface area contributed by atoms with Crippen LogP contribution in [0.4, 0.5) is 0 Å². The molecule has 0 aromatic heterocycles. The fraction of sp³-hybridized carbons (Fsp3) is 0.250. The van der Waals surface area contributed by atoms with Gasteiger partial charge in [-0.25, -0.2) is 0 Å². The van der Waals surface area contributed by atoms with Gasteiger partial charge in [0.15, 0.2) is 0 Å². The number of nitrogens with zero attached hydrogens (tertiary/aromatic N) is 1. The van der Waals surface area contributed by atoms with E-state index in [0.717, 1.165) is 12.1 Å². The van der Waals surface area contributed by atoms with Crippen molar-refractivity contribution < 1.29 is 0 Å². The topological polar surface area (TPSA) is 38.4 Å². The Balaban J connectivity index is 2.79. The average Bonchev–Trinajstić information content (AvgIpc) is 1.91. The molecule has 0 bridgehead atoms. The summed E-state index contributed by atoms with van der Waals surface area (Å²) in [4.78, 5) is 3.81. The van der Waals surface area contributed by atoms with Crippen molar-refractivity contribution in [3.05, 3.63) is 10.7 Å². The molecule has 0 spiro atoms. The second-order valence-corrected chi connectivity index (χ2v) is 1.79. The third-order valence-corrected chi connectivity index (χ3v) is 1.21. The summed E-state index contributed by atoms with van der Waals surface area (Å²) in [5.41, 5.74) is 6.12. The molecule has 2 nitrogen and oxygen atoms in total. The van der Waals surface area contributed by atoms with E-state index < -0.39 is 0 Å². The van der Waals surface area contributed by atoms with Gasteiger partial charge in [0, 0.05) is 18.3 Å². The average molecular weight is 114 g/mol. The fourth-order valence-electron chi connectivity index (χ4n) is 0.405. The summed E-state index contributed by atoms with van der Waals surface area (Å²) < 4.78 is 0. The zero-order chi connectivity index (χ0) is 5.28. The summed E-state index contributed by atoms with van der Waals surface area (Å²) in [6, 6.07) is 0. The molecule has 0 fully saturated rings. The summed E-state index contributed by atoms with van der Waals surface area (Å²) in [6.45, 7) is 0. The smallest absolute Gasteiger partial charge is 0.112 e. The molecule has 38 valence electrons. The minimum atomic E-state index is 0.667. The summed E-state index contributed by atoms with van der Waals surface area (Å²) in [5.74, 6) is 0. The van der Waals surface area contributed by atoms with Crippen LogP contribution in [0.5, 0.6) is 0 Å². The lowest BCUT2D eigenvalue weighted by atomic mass is 10.4. The van der Waals surface area contributed by atoms with E-state index in [-0.39, 0.29) is 0 Å². The summed E-state index contributed by atoms with van der Waals surface area (Å²) in [6.07, 6.45) is 2.51. The van der Waals surface area contributed by atoms with Gasteiger partial charge in [0.05, 0.1) is 0 Å². The van der Waals surface area contributed by atoms with Crippen molar-refractivity contribution in [2.45, 2.75) is 6.42 Å². The van der Waals surface area contributed by atoms with E-state index in [9.17, 15) is 0 Å². The SMILES string of the molecule is NC1=C(S)N=CC1. The number of nitrogens with two attached hydrogens (primary N) is 1. The number of hydrogen-bond acceptors (Lipinski definition) is 3. The standard InChI is InChI=1S/C4H6N2S/c5-3-1-2-6-4(3)7/h2,7H,1,5H2. The Morgan fingerprint density at radius 3 is 2.71 bits per heavy atom. The molecule has 0 atom stereocenters. The van der Waals surface area contributed by atoms with Crippen molar-refractivity contribution in [2.75, 3.05) is 0 Å². The molecule has 0 saturated heterocycles. The number of rotatable bonds is 0. The maximum absolute atomic E-state index is 5.36. The van der Waals surface area contributed by atoms with E-state index in [2.05, 4.69) is 17.6 Å². The van der Waals surface area contributed by atoms with E-state index in [0.29, 0.717) is 5.03 Å². The summed E-state index contributed by atoms with van der Waals surface area (Å²) in [7, 11) is 0. The number of thiol groups is 1. The molecule has 0 aromatic rings. The molecule has 3 heteroatoms. The van der Waals surface area contributed by atoms with Crippen molar-refractivity contribution >= 4 is 18.8 Å². The first-order valence-corrected chi connectivity index (χ1v) is 2.45. The van der Waals surface area contributed by atoms with Gasteiger partial charge in [-0.1, -0.05) is 0 Å². The van der Waals surface area contributed by atoms with E-state index in [1.54, 1.807) is 6.21 Å². The van der Waals surface area contributed by atoms with Gasteiger partial charge in [0.1, 0.15) is 5.03 Å². The van der Waals surface area contributed by atoms with Crippen molar-refractivity contribution in [2.24, 2.45) is 10.7 Å². The van der Waals surface area contributed by atoms with Gasteiger partial charge >= 0.3 is 0 Å². The normalized spacial score (nSPS) is 19.0. The highest BCUT2D eigenvalue weighted by Gasteiger charge is 1.99. The lowest BCUT2D eigenvalue weighted by Crippen LogP contribution is -1.93. The Bertz CT molecular complexity index is 137. The van der Waals surface area contributed by atoms with E-state index >= 15 is 0 Å². The Morgan fingerprint density at radius 2 is 2.57 bits per heavy atom. The zero-order valence-corrected chi connectivity index (χ0v) is 4.65. The number of hydrogen-bond donors (Lipinski definition) is 2. The zero-order valence-electron chi connectivity index (χ0n) is 3.76. The fourth-order valence-corrected chi connectivity index (χ4v) is 0.578. The highest BCUT2D eigenvalue weighted by Crippen LogP contribution is 2.12. The van der Waals surface area contributed by atoms with Crippen LogP contribution < -0.4 is 5.73 Å². The lowest BCUT2D eigenvalue weighted by molar-refractivity contribution is 1.25. The highest BCUT2D eigenvalue weighted by atomic mass is 32.1. The quantitative estimate of drug-likeness (QED) is 0.443. The maximum Gasteiger partial charge on any atom is 0.112 e. The first-order valence-electron chi connectivity index (χ1n) is 2.01. The molecular weight excluding hydrogens is 108 g/mol. The molecule has 0 aliphatic carbocycles. The molecule has 1 rings (SSSR count). The van der Waals surface area contributed by atoms with Crippen LogP contribution in [0.1, 0.15) is 6.42 Å². The highest BCUT2D eigenvalue weighted by molar-refractivity contribution is 7.84. The van der Waals surface area contributed by atoms with Crippen molar-refractivity contribution in [1.82, 2.24) is 0 Å². The molecule has 1 aliphatic heterocycles. The summed E-state index contributed by atoms with van der Waals surface area (Å²) >= 11 is 3.94. The molecule has 0 radical (unpaired) electrons. The van der Waals surface area contributed by atoms with Crippen LogP contribution >= 0.6 is 12.6 Å². The van der Waals surface area contributed by atoms with Gasteiger partial charge in [0.2, 0.25) is 0 Å². The predicted molar refractivity (Wildman–Crippen MR) is 33.3 cm³/mol. The third-order valence-electron chi connectivity index (χ3n) is 0.812. The van der Waals surface area contributed by atoms with E-state index in [1.165, 1.54) is 0 Å². The van der Waals surface area contributed by atoms with Crippen LogP contribution in [0.3, 0.4) is 0 Å². The van der Waals surface area contributed by atoms with E-state index in [4.69, 9.17) is 5.73 Å². The van der Waals surface area contributed by atoms with Gasteiger partial charge < -0.3 is 5.73 Å². The minimum Gasteiger partial charge on any atom is -0.400 e. The third kappa shape index (κ3) is 0.771. The van der Waals surface area contributed by atoms with Crippen LogP contribution in [0, 0.1) is 0 Å². The van der Waals surface area contributed by atoms with Crippen LogP contribution in [0.15, 0.2) is 15.7 Å². The maximum atomic E-state index is 5.36. The lowest BCUT2D eigenvalue weighted by Gasteiger charge is -1.85. The molecule has 7 heavy (non-hydrogen) atoms. The molecular formula is C4H6N2S. The molecule has 0 unspecified atom stereocenters. The molecule has 1 aliphatic rings. The van der Waals surface area contributed by atoms with Crippen LogP contribution in [-0.4, -0.2) is 6.21 Å². The van der Waals surface area contributed by atoms with Crippen LogP contribution in [0.2, 0.25) is 0 Å². The minimum absolute atomic E-state index is 0.667. The number of allylic oxidation sites excluding steroid dienone is 1. The first-order chi connectivity index (χ1) is 3.30. The predicted octanol–water partition coefficient (Wildman–Crippen LogP) is 0.519. The van der Waals surface area contributed by atoms with Crippen LogP contribution in [0.25, 0.3) is 0 Å². The second-order valence-electron chi connectivity index (χ2n) is 1.36. The van der Waals surface area contributed by atoms with Gasteiger partial charge in [-0.15, -0.1) is 12.6 Å². The molecule has 1 heterocycles. The summed E-state index contributed by atoms with van der Waals surface area (Å²) in [5, 5.41) is 0.667. The number of aliphatic imine (C=N–C) groups is 1. The largest absolute Gasteiger partial charge is 0.400 e. The monoisotopic (exact) mass is 114 g/mol. The van der Waals surface area contributed by atoms with Gasteiger partial charge in [-0.3, -0.25) is 4.99 Å². The Labute approximate surface area is 47.5 Å². The van der Waals surface area contributed by atoms with Crippen molar-refractivity contribution in [3.8, 4) is 0 Å². The van der Waals surface area contributed by atoms with E-state index in [1.807, 2.05) is 0 Å². The second kappa shape index (κ2) is 1.58. The Morgan fingerprint density at radius 1 is 1.86 bits per heavy atom. The van der Waals surface area contributed by atoms with Crippen molar-refractivity contribution in [1.29, 1.82) is 0 Å². The Hall–Kier alpha value is -0.440. The van der Waals surface area contributed by atoms with Crippen molar-refractivity contribution in [3.63, 3.8) is 0 Å². The molecule has 0 aromatic carbocycles. The molecule has 0 amide bonds. The van der Waals surface area contributed by atoms with Gasteiger partial charge in [-0.05, 0) is 0 Å². The molecule has 2 N–H and O–H groups in total. The van der Waals surface area contributed by atoms with Gasteiger partial charge in [0.25, 0.3) is 0 Å². The molecule has 0 saturated carbocycles.